The molecular formula is C24H26FN3O2. The molecular weight excluding hydrogens is 381 g/mol. The van der Waals surface area contributed by atoms with Gasteiger partial charge in [-0.15, -0.1) is 0 Å². The van der Waals surface area contributed by atoms with Crippen LogP contribution in [0, 0.1) is 12.7 Å². The van der Waals surface area contributed by atoms with E-state index < -0.39 is 6.04 Å². The molecule has 0 aliphatic carbocycles. The van der Waals surface area contributed by atoms with Crippen molar-refractivity contribution in [3.8, 4) is 0 Å². The number of hydrogen-bond donors (Lipinski definition) is 2. The molecule has 3 heterocycles. The lowest BCUT2D eigenvalue weighted by atomic mass is 9.85. The monoisotopic (exact) mass is 407 g/mol. The predicted molar refractivity (Wildman–Crippen MR) is 114 cm³/mol. The number of rotatable bonds is 3. The molecule has 1 unspecified atom stereocenters. The summed E-state index contributed by atoms with van der Waals surface area (Å²) in [7, 11) is 0. The van der Waals surface area contributed by atoms with Crippen molar-refractivity contribution in [3.05, 3.63) is 58.9 Å². The first-order valence-corrected chi connectivity index (χ1v) is 10.7. The Hall–Kier alpha value is -2.89. The normalized spacial score (nSPS) is 24.9. The third-order valence-corrected chi connectivity index (χ3v) is 6.86. The molecule has 3 aliphatic rings. The van der Waals surface area contributed by atoms with Crippen molar-refractivity contribution in [2.75, 3.05) is 17.2 Å². The first kappa shape index (κ1) is 19.1. The van der Waals surface area contributed by atoms with Gasteiger partial charge in [-0.25, -0.2) is 4.39 Å². The van der Waals surface area contributed by atoms with Crippen molar-refractivity contribution in [1.82, 2.24) is 4.90 Å². The molecule has 5 nitrogen and oxygen atoms in total. The molecule has 2 fully saturated rings. The number of carbonyl (C=O) groups is 2. The quantitative estimate of drug-likeness (QED) is 0.809. The van der Waals surface area contributed by atoms with Crippen LogP contribution in [-0.2, 0) is 16.0 Å². The summed E-state index contributed by atoms with van der Waals surface area (Å²) in [6, 6.07) is 11.1. The van der Waals surface area contributed by atoms with E-state index in [0.29, 0.717) is 30.4 Å². The Kier molecular flexibility index (Phi) is 4.72. The van der Waals surface area contributed by atoms with Crippen molar-refractivity contribution in [1.29, 1.82) is 0 Å². The zero-order chi connectivity index (χ0) is 20.8. The number of carbonyl (C=O) groups excluding carboxylic acids is 2. The van der Waals surface area contributed by atoms with Crippen molar-refractivity contribution < 1.29 is 14.0 Å². The Morgan fingerprint density at radius 3 is 2.93 bits per heavy atom. The summed E-state index contributed by atoms with van der Waals surface area (Å²) < 4.78 is 14.1. The Balaban J connectivity index is 1.27. The lowest BCUT2D eigenvalue weighted by Crippen LogP contribution is -2.39. The van der Waals surface area contributed by atoms with E-state index >= 15 is 0 Å². The summed E-state index contributed by atoms with van der Waals surface area (Å²) in [5, 5.41) is 6.18. The van der Waals surface area contributed by atoms with E-state index in [0.717, 1.165) is 42.7 Å². The average Bonchev–Trinajstić information content (AvgIpc) is 3.36. The zero-order valence-electron chi connectivity index (χ0n) is 17.1. The number of hydrogen-bond acceptors (Lipinski definition) is 3. The summed E-state index contributed by atoms with van der Waals surface area (Å²) >= 11 is 0. The van der Waals surface area contributed by atoms with Gasteiger partial charge in [0.05, 0.1) is 0 Å². The minimum Gasteiger partial charge on any atom is -0.373 e. The van der Waals surface area contributed by atoms with Crippen LogP contribution in [0.4, 0.5) is 15.8 Å². The summed E-state index contributed by atoms with van der Waals surface area (Å²) in [4.78, 5) is 26.8. The van der Waals surface area contributed by atoms with Crippen molar-refractivity contribution >= 4 is 23.2 Å². The van der Waals surface area contributed by atoms with Crippen molar-refractivity contribution in [2.45, 2.75) is 57.0 Å². The molecule has 2 aromatic rings. The van der Waals surface area contributed by atoms with Crippen LogP contribution in [-0.4, -0.2) is 35.3 Å². The summed E-state index contributed by atoms with van der Waals surface area (Å²) in [6.07, 6.45) is 3.92. The Morgan fingerprint density at radius 2 is 2.10 bits per heavy atom. The molecule has 156 valence electrons. The smallest absolute Gasteiger partial charge is 0.247 e. The summed E-state index contributed by atoms with van der Waals surface area (Å²) in [6.45, 7) is 2.73. The van der Waals surface area contributed by atoms with Crippen LogP contribution in [0.5, 0.6) is 0 Å². The average molecular weight is 407 g/mol. The van der Waals surface area contributed by atoms with Gasteiger partial charge in [-0.3, -0.25) is 9.59 Å². The standard InChI is InChI=1S/C24H26FN3O2/c1-14-5-7-20(25)19-13-21(27-23(14)19)24(30)26-17-4-2-3-15(11-17)16-9-10-28-18(12-16)6-8-22(28)29/h2-5,7,11,16,18,21,27H,6,8-10,12-13H2,1H3,(H,26,30)/t16-,18-,21?/m0/s1. The second-order valence-electron chi connectivity index (χ2n) is 8.73. The number of anilines is 2. The minimum atomic E-state index is -0.480. The van der Waals surface area contributed by atoms with Gasteiger partial charge in [-0.05, 0) is 61.4 Å². The maximum atomic E-state index is 14.1. The van der Waals surface area contributed by atoms with E-state index in [1.165, 1.54) is 11.6 Å². The van der Waals surface area contributed by atoms with Gasteiger partial charge in [0, 0.05) is 42.4 Å². The van der Waals surface area contributed by atoms with Crippen LogP contribution < -0.4 is 10.6 Å². The molecule has 2 aromatic carbocycles. The SMILES string of the molecule is Cc1ccc(F)c2c1NC(C(=O)Nc1cccc([C@H]3CCN4C(=O)CC[C@H]4C3)c1)C2. The highest BCUT2D eigenvalue weighted by Crippen LogP contribution is 2.37. The highest BCUT2D eigenvalue weighted by Gasteiger charge is 2.36. The van der Waals surface area contributed by atoms with Crippen molar-refractivity contribution in [3.63, 3.8) is 0 Å². The van der Waals surface area contributed by atoms with Crippen LogP contribution in [0.2, 0.25) is 0 Å². The van der Waals surface area contributed by atoms with Crippen LogP contribution in [0.3, 0.4) is 0 Å². The zero-order valence-corrected chi connectivity index (χ0v) is 17.1. The van der Waals surface area contributed by atoms with Gasteiger partial charge in [-0.1, -0.05) is 18.2 Å². The first-order chi connectivity index (χ1) is 14.5. The molecule has 5 rings (SSSR count). The van der Waals surface area contributed by atoms with E-state index in [4.69, 9.17) is 0 Å². The highest BCUT2D eigenvalue weighted by molar-refractivity contribution is 5.98. The molecule has 2 saturated heterocycles. The predicted octanol–water partition coefficient (Wildman–Crippen LogP) is 3.98. The highest BCUT2D eigenvalue weighted by atomic mass is 19.1. The number of aryl methyl sites for hydroxylation is 1. The molecule has 3 aliphatic heterocycles. The van der Waals surface area contributed by atoms with Crippen LogP contribution >= 0.6 is 0 Å². The van der Waals surface area contributed by atoms with Gasteiger partial charge < -0.3 is 15.5 Å². The lowest BCUT2D eigenvalue weighted by molar-refractivity contribution is -0.130. The molecule has 0 saturated carbocycles. The molecule has 6 heteroatoms. The number of amides is 2. The topological polar surface area (TPSA) is 61.4 Å². The van der Waals surface area contributed by atoms with E-state index in [1.54, 1.807) is 6.07 Å². The Bertz CT molecular complexity index is 991. The van der Waals surface area contributed by atoms with Gasteiger partial charge in [0.15, 0.2) is 0 Å². The summed E-state index contributed by atoms with van der Waals surface area (Å²) in [5.41, 5.74) is 4.23. The number of piperidine rings is 1. The van der Waals surface area contributed by atoms with E-state index in [2.05, 4.69) is 16.7 Å². The molecule has 30 heavy (non-hydrogen) atoms. The van der Waals surface area contributed by atoms with Crippen LogP contribution in [0.25, 0.3) is 0 Å². The largest absolute Gasteiger partial charge is 0.373 e. The van der Waals surface area contributed by atoms with E-state index in [9.17, 15) is 14.0 Å². The second-order valence-corrected chi connectivity index (χ2v) is 8.73. The van der Waals surface area contributed by atoms with Crippen LogP contribution in [0.15, 0.2) is 36.4 Å². The number of halogens is 1. The van der Waals surface area contributed by atoms with Gasteiger partial charge in [0.25, 0.3) is 0 Å². The van der Waals surface area contributed by atoms with Crippen LogP contribution in [0.1, 0.15) is 48.3 Å². The minimum absolute atomic E-state index is 0.154. The number of nitrogens with one attached hydrogen (secondary N) is 2. The molecule has 0 bridgehead atoms. The second kappa shape index (κ2) is 7.42. The Morgan fingerprint density at radius 1 is 1.23 bits per heavy atom. The maximum Gasteiger partial charge on any atom is 0.247 e. The van der Waals surface area contributed by atoms with E-state index in [1.807, 2.05) is 30.0 Å². The van der Waals surface area contributed by atoms with Gasteiger partial charge >= 0.3 is 0 Å². The van der Waals surface area contributed by atoms with Crippen molar-refractivity contribution in [2.24, 2.45) is 0 Å². The molecule has 0 spiro atoms. The van der Waals surface area contributed by atoms with E-state index in [-0.39, 0.29) is 17.6 Å². The fraction of sp³-hybridized carbons (Fsp3) is 0.417. The van der Waals surface area contributed by atoms with Gasteiger partial charge in [0.2, 0.25) is 11.8 Å². The molecule has 3 atom stereocenters. The van der Waals surface area contributed by atoms with Gasteiger partial charge in [-0.2, -0.15) is 0 Å². The third kappa shape index (κ3) is 3.34. The molecule has 2 N–H and O–H groups in total. The lowest BCUT2D eigenvalue weighted by Gasteiger charge is -2.35. The molecule has 0 radical (unpaired) electrons. The fourth-order valence-corrected chi connectivity index (χ4v) is 5.22. The molecule has 2 amide bonds. The number of benzene rings is 2. The summed E-state index contributed by atoms with van der Waals surface area (Å²) in [5.74, 6) is 0.270. The number of fused-ring (bicyclic) bond motifs is 2. The molecule has 0 aromatic heterocycles. The first-order valence-electron chi connectivity index (χ1n) is 10.7. The fourth-order valence-electron chi connectivity index (χ4n) is 5.22. The van der Waals surface area contributed by atoms with Gasteiger partial charge in [0.1, 0.15) is 11.9 Å². The number of nitrogens with zero attached hydrogens (tertiary/aromatic N) is 1. The maximum absolute atomic E-state index is 14.1. The third-order valence-electron chi connectivity index (χ3n) is 6.86. The Labute approximate surface area is 175 Å².